The third-order valence-electron chi connectivity index (χ3n) is 6.04. The summed E-state index contributed by atoms with van der Waals surface area (Å²) in [5, 5.41) is 0. The average Bonchev–Trinajstić information content (AvgIpc) is 2.77. The monoisotopic (exact) mass is 412 g/mol. The molecular formula is C26H36O4. The molecular weight excluding hydrogens is 376 g/mol. The van der Waals surface area contributed by atoms with Gasteiger partial charge in [-0.15, -0.1) is 0 Å². The first-order chi connectivity index (χ1) is 14.7. The number of para-hydroxylation sites is 1. The Morgan fingerprint density at radius 1 is 0.833 bits per heavy atom. The van der Waals surface area contributed by atoms with E-state index in [-0.39, 0.29) is 12.2 Å². The molecule has 0 amide bonds. The number of methoxy groups -OCH3 is 2. The SMILES string of the molecule is CCC(C)c1ccc(OC2CCCCC2Oc2c(COC)cccc2COC)cc1. The fourth-order valence-electron chi connectivity index (χ4n) is 4.10. The average molecular weight is 413 g/mol. The molecule has 0 saturated heterocycles. The van der Waals surface area contributed by atoms with Gasteiger partial charge in [-0.2, -0.15) is 0 Å². The van der Waals surface area contributed by atoms with E-state index in [1.807, 2.05) is 6.07 Å². The molecule has 0 bridgehead atoms. The Labute approximate surface area is 181 Å². The van der Waals surface area contributed by atoms with Crippen molar-refractivity contribution in [3.8, 4) is 11.5 Å². The van der Waals surface area contributed by atoms with Crippen LogP contribution in [0.2, 0.25) is 0 Å². The lowest BCUT2D eigenvalue weighted by Crippen LogP contribution is -2.39. The number of ether oxygens (including phenoxy) is 4. The number of hydrogen-bond donors (Lipinski definition) is 0. The van der Waals surface area contributed by atoms with Gasteiger partial charge in [-0.1, -0.05) is 44.2 Å². The zero-order chi connectivity index (χ0) is 21.3. The maximum absolute atomic E-state index is 6.60. The van der Waals surface area contributed by atoms with Crippen molar-refractivity contribution in [1.29, 1.82) is 0 Å². The van der Waals surface area contributed by atoms with Gasteiger partial charge >= 0.3 is 0 Å². The summed E-state index contributed by atoms with van der Waals surface area (Å²) in [6.45, 7) is 5.51. The summed E-state index contributed by atoms with van der Waals surface area (Å²) in [5.41, 5.74) is 3.46. The Bertz CT molecular complexity index is 747. The lowest BCUT2D eigenvalue weighted by atomic mass is 9.94. The molecule has 1 saturated carbocycles. The molecule has 3 atom stereocenters. The van der Waals surface area contributed by atoms with Crippen LogP contribution in [0.25, 0.3) is 0 Å². The predicted octanol–water partition coefficient (Wildman–Crippen LogP) is 6.26. The van der Waals surface area contributed by atoms with Crippen LogP contribution in [0.3, 0.4) is 0 Å². The van der Waals surface area contributed by atoms with Gasteiger partial charge in [0, 0.05) is 25.3 Å². The first-order valence-electron chi connectivity index (χ1n) is 11.2. The number of hydrogen-bond acceptors (Lipinski definition) is 4. The molecule has 0 heterocycles. The normalized spacial score (nSPS) is 20.0. The second-order valence-corrected chi connectivity index (χ2v) is 8.25. The minimum atomic E-state index is 0.0154. The minimum absolute atomic E-state index is 0.0154. The Morgan fingerprint density at radius 3 is 1.93 bits per heavy atom. The van der Waals surface area contributed by atoms with Gasteiger partial charge in [0.05, 0.1) is 13.2 Å². The molecule has 2 aromatic carbocycles. The molecule has 0 N–H and O–H groups in total. The Kier molecular flexibility index (Phi) is 8.59. The summed E-state index contributed by atoms with van der Waals surface area (Å²) in [4.78, 5) is 0. The number of rotatable bonds is 10. The van der Waals surface area contributed by atoms with Gasteiger partial charge in [0.1, 0.15) is 23.7 Å². The van der Waals surface area contributed by atoms with Gasteiger partial charge in [0.25, 0.3) is 0 Å². The summed E-state index contributed by atoms with van der Waals surface area (Å²) in [7, 11) is 3.42. The van der Waals surface area contributed by atoms with Crippen molar-refractivity contribution in [3.05, 3.63) is 59.2 Å². The van der Waals surface area contributed by atoms with E-state index in [9.17, 15) is 0 Å². The van der Waals surface area contributed by atoms with E-state index in [0.717, 1.165) is 48.3 Å². The predicted molar refractivity (Wildman–Crippen MR) is 120 cm³/mol. The standard InChI is InChI=1S/C26H36O4/c1-5-19(2)20-13-15-23(16-14-20)29-24-11-6-7-12-25(24)30-26-21(17-27-3)9-8-10-22(26)18-28-4/h8-10,13-16,19,24-25H,5-7,11-12,17-18H2,1-4H3. The Balaban J connectivity index is 1.76. The number of benzene rings is 2. The van der Waals surface area contributed by atoms with Crippen LogP contribution in [0.5, 0.6) is 11.5 Å². The van der Waals surface area contributed by atoms with E-state index < -0.39 is 0 Å². The molecule has 1 aliphatic rings. The van der Waals surface area contributed by atoms with E-state index >= 15 is 0 Å². The van der Waals surface area contributed by atoms with Gasteiger partial charge in [-0.3, -0.25) is 0 Å². The highest BCUT2D eigenvalue weighted by Crippen LogP contribution is 2.32. The fraction of sp³-hybridized carbons (Fsp3) is 0.538. The highest BCUT2D eigenvalue weighted by atomic mass is 16.5. The largest absolute Gasteiger partial charge is 0.487 e. The Morgan fingerprint density at radius 2 is 1.40 bits per heavy atom. The quantitative estimate of drug-likeness (QED) is 0.461. The molecule has 0 aliphatic heterocycles. The third-order valence-corrected chi connectivity index (χ3v) is 6.04. The van der Waals surface area contributed by atoms with Crippen LogP contribution in [0.4, 0.5) is 0 Å². The van der Waals surface area contributed by atoms with Crippen LogP contribution in [0.1, 0.15) is 68.6 Å². The van der Waals surface area contributed by atoms with Crippen LogP contribution >= 0.6 is 0 Å². The van der Waals surface area contributed by atoms with Crippen molar-refractivity contribution < 1.29 is 18.9 Å². The second-order valence-electron chi connectivity index (χ2n) is 8.25. The molecule has 2 aromatic rings. The summed E-state index contributed by atoms with van der Waals surface area (Å²) in [5.74, 6) is 2.37. The van der Waals surface area contributed by atoms with Gasteiger partial charge in [-0.25, -0.2) is 0 Å². The maximum Gasteiger partial charge on any atom is 0.135 e. The van der Waals surface area contributed by atoms with Gasteiger partial charge < -0.3 is 18.9 Å². The van der Waals surface area contributed by atoms with Crippen molar-refractivity contribution in [2.24, 2.45) is 0 Å². The van der Waals surface area contributed by atoms with Crippen LogP contribution < -0.4 is 9.47 Å². The van der Waals surface area contributed by atoms with E-state index in [1.54, 1.807) is 14.2 Å². The topological polar surface area (TPSA) is 36.9 Å². The van der Waals surface area contributed by atoms with Crippen molar-refractivity contribution >= 4 is 0 Å². The Hall–Kier alpha value is -2.04. The summed E-state index contributed by atoms with van der Waals surface area (Å²) in [6.07, 6.45) is 5.51. The molecule has 3 rings (SSSR count). The lowest BCUT2D eigenvalue weighted by molar-refractivity contribution is 0.0200. The van der Waals surface area contributed by atoms with Crippen LogP contribution in [-0.4, -0.2) is 26.4 Å². The molecule has 0 spiro atoms. The highest BCUT2D eigenvalue weighted by Gasteiger charge is 2.30. The third kappa shape index (κ3) is 5.77. The first kappa shape index (κ1) is 22.6. The van der Waals surface area contributed by atoms with Gasteiger partial charge in [0.15, 0.2) is 0 Å². The molecule has 0 radical (unpaired) electrons. The van der Waals surface area contributed by atoms with E-state index in [2.05, 4.69) is 50.2 Å². The zero-order valence-corrected chi connectivity index (χ0v) is 18.9. The first-order valence-corrected chi connectivity index (χ1v) is 11.2. The molecule has 1 aliphatic carbocycles. The second kappa shape index (κ2) is 11.4. The summed E-state index contributed by atoms with van der Waals surface area (Å²) >= 11 is 0. The molecule has 3 unspecified atom stereocenters. The minimum Gasteiger partial charge on any atom is -0.487 e. The lowest BCUT2D eigenvalue weighted by Gasteiger charge is -2.33. The molecule has 30 heavy (non-hydrogen) atoms. The zero-order valence-electron chi connectivity index (χ0n) is 18.9. The fourth-order valence-corrected chi connectivity index (χ4v) is 4.10. The van der Waals surface area contributed by atoms with Gasteiger partial charge in [-0.05, 0) is 55.7 Å². The maximum atomic E-state index is 6.60. The van der Waals surface area contributed by atoms with E-state index in [0.29, 0.717) is 19.1 Å². The highest BCUT2D eigenvalue weighted by molar-refractivity contribution is 5.41. The molecule has 4 heteroatoms. The van der Waals surface area contributed by atoms with Crippen LogP contribution in [-0.2, 0) is 22.7 Å². The molecule has 1 fully saturated rings. The van der Waals surface area contributed by atoms with Crippen molar-refractivity contribution in [3.63, 3.8) is 0 Å². The van der Waals surface area contributed by atoms with Gasteiger partial charge in [0.2, 0.25) is 0 Å². The van der Waals surface area contributed by atoms with Crippen LogP contribution in [0.15, 0.2) is 42.5 Å². The molecule has 4 nitrogen and oxygen atoms in total. The molecule has 164 valence electrons. The van der Waals surface area contributed by atoms with Crippen molar-refractivity contribution in [2.45, 2.75) is 77.3 Å². The smallest absolute Gasteiger partial charge is 0.135 e. The molecule has 0 aromatic heterocycles. The van der Waals surface area contributed by atoms with Crippen LogP contribution in [0, 0.1) is 0 Å². The summed E-state index contributed by atoms with van der Waals surface area (Å²) < 4.78 is 23.8. The van der Waals surface area contributed by atoms with E-state index in [4.69, 9.17) is 18.9 Å². The van der Waals surface area contributed by atoms with E-state index in [1.165, 1.54) is 12.0 Å². The summed E-state index contributed by atoms with van der Waals surface area (Å²) in [6, 6.07) is 14.7. The van der Waals surface area contributed by atoms with Crippen molar-refractivity contribution in [1.82, 2.24) is 0 Å². The van der Waals surface area contributed by atoms with Crippen molar-refractivity contribution in [2.75, 3.05) is 14.2 Å².